The number of nitrogens with one attached hydrogen (secondary N) is 1. The Morgan fingerprint density at radius 1 is 1.58 bits per heavy atom. The summed E-state index contributed by atoms with van der Waals surface area (Å²) in [5, 5.41) is 3.46. The van der Waals surface area contributed by atoms with Gasteiger partial charge in [0, 0.05) is 0 Å². The number of hydrogen-bond donors (Lipinski definition) is 1. The van der Waals surface area contributed by atoms with Crippen molar-refractivity contribution in [3.05, 3.63) is 24.2 Å². The van der Waals surface area contributed by atoms with E-state index in [1.165, 1.54) is 12.8 Å². The molecule has 1 N–H and O–H groups in total. The first-order valence-corrected chi connectivity index (χ1v) is 4.63. The molecule has 1 fully saturated rings. The molecule has 0 aromatic carbocycles. The quantitative estimate of drug-likeness (QED) is 0.691. The van der Waals surface area contributed by atoms with Crippen LogP contribution in [0.1, 0.15) is 31.6 Å². The number of hydrogen-bond acceptors (Lipinski definition) is 2. The van der Waals surface area contributed by atoms with Crippen molar-refractivity contribution in [3.8, 4) is 0 Å². The highest BCUT2D eigenvalue weighted by molar-refractivity contribution is 5.05. The highest BCUT2D eigenvalue weighted by atomic mass is 16.3. The monoisotopic (exact) mass is 165 g/mol. The fourth-order valence-corrected chi connectivity index (χ4v) is 1.81. The Balaban J connectivity index is 2.04. The van der Waals surface area contributed by atoms with Crippen LogP contribution in [0, 0.1) is 5.92 Å². The summed E-state index contributed by atoms with van der Waals surface area (Å²) in [5.74, 6) is 1.91. The second kappa shape index (κ2) is 3.31. The topological polar surface area (TPSA) is 25.2 Å². The lowest BCUT2D eigenvalue weighted by Gasteiger charge is -2.26. The molecule has 0 amide bonds. The molecular weight excluding hydrogens is 150 g/mol. The lowest BCUT2D eigenvalue weighted by atomic mass is 9.93. The molecular formula is C10H15NO. The molecule has 1 saturated heterocycles. The fraction of sp³-hybridized carbons (Fsp3) is 0.600. The van der Waals surface area contributed by atoms with Gasteiger partial charge in [0.2, 0.25) is 0 Å². The van der Waals surface area contributed by atoms with Crippen molar-refractivity contribution in [2.45, 2.75) is 25.8 Å². The second-order valence-electron chi connectivity index (χ2n) is 3.65. The van der Waals surface area contributed by atoms with Crippen molar-refractivity contribution in [1.82, 2.24) is 5.32 Å². The number of furan rings is 1. The Hall–Kier alpha value is -0.760. The molecule has 1 aliphatic heterocycles. The minimum absolute atomic E-state index is 0.448. The summed E-state index contributed by atoms with van der Waals surface area (Å²) in [6.07, 6.45) is 4.24. The average Bonchev–Trinajstić information content (AvgIpc) is 2.56. The summed E-state index contributed by atoms with van der Waals surface area (Å²) in [6, 6.07) is 4.45. The van der Waals surface area contributed by atoms with Crippen LogP contribution in [0.25, 0.3) is 0 Å². The molecule has 2 atom stereocenters. The third-order valence-electron chi connectivity index (χ3n) is 2.55. The molecule has 0 spiro atoms. The molecule has 2 heterocycles. The van der Waals surface area contributed by atoms with Crippen molar-refractivity contribution >= 4 is 0 Å². The van der Waals surface area contributed by atoms with Crippen molar-refractivity contribution in [1.29, 1.82) is 0 Å². The summed E-state index contributed by atoms with van der Waals surface area (Å²) in [7, 11) is 0. The highest BCUT2D eigenvalue weighted by Gasteiger charge is 2.21. The van der Waals surface area contributed by atoms with E-state index in [1.54, 1.807) is 6.26 Å². The minimum Gasteiger partial charge on any atom is -0.468 e. The van der Waals surface area contributed by atoms with Crippen molar-refractivity contribution in [3.63, 3.8) is 0 Å². The standard InChI is InChI=1S/C10H15NO/c1-8-4-5-11-9(7-8)10-3-2-6-12-10/h2-3,6,8-9,11H,4-5,7H2,1H3/t8-,9-/m0/s1. The highest BCUT2D eigenvalue weighted by Crippen LogP contribution is 2.26. The fourth-order valence-electron chi connectivity index (χ4n) is 1.81. The van der Waals surface area contributed by atoms with Crippen LogP contribution in [-0.4, -0.2) is 6.54 Å². The number of piperidine rings is 1. The Kier molecular flexibility index (Phi) is 2.17. The summed E-state index contributed by atoms with van der Waals surface area (Å²) >= 11 is 0. The maximum absolute atomic E-state index is 5.36. The largest absolute Gasteiger partial charge is 0.468 e. The van der Waals surface area contributed by atoms with Crippen LogP contribution in [0.15, 0.2) is 22.8 Å². The summed E-state index contributed by atoms with van der Waals surface area (Å²) in [4.78, 5) is 0. The van der Waals surface area contributed by atoms with Gasteiger partial charge in [-0.05, 0) is 37.4 Å². The Labute approximate surface area is 73.0 Å². The van der Waals surface area contributed by atoms with Crippen LogP contribution < -0.4 is 5.32 Å². The zero-order valence-electron chi connectivity index (χ0n) is 7.42. The maximum atomic E-state index is 5.36. The molecule has 2 rings (SSSR count). The van der Waals surface area contributed by atoms with Crippen LogP contribution in [-0.2, 0) is 0 Å². The molecule has 12 heavy (non-hydrogen) atoms. The van der Waals surface area contributed by atoms with Gasteiger partial charge in [-0.25, -0.2) is 0 Å². The Morgan fingerprint density at radius 2 is 2.50 bits per heavy atom. The van der Waals surface area contributed by atoms with Gasteiger partial charge < -0.3 is 9.73 Å². The lowest BCUT2D eigenvalue weighted by molar-refractivity contribution is 0.290. The van der Waals surface area contributed by atoms with Crippen molar-refractivity contribution in [2.75, 3.05) is 6.54 Å². The lowest BCUT2D eigenvalue weighted by Crippen LogP contribution is -2.30. The normalized spacial score (nSPS) is 30.4. The SMILES string of the molecule is C[C@H]1CCN[C@H](c2ccco2)C1. The van der Waals surface area contributed by atoms with Crippen molar-refractivity contribution < 1.29 is 4.42 Å². The van der Waals surface area contributed by atoms with Crippen LogP contribution in [0.5, 0.6) is 0 Å². The predicted molar refractivity (Wildman–Crippen MR) is 47.8 cm³/mol. The van der Waals surface area contributed by atoms with E-state index in [0.29, 0.717) is 6.04 Å². The molecule has 0 aliphatic carbocycles. The summed E-state index contributed by atoms with van der Waals surface area (Å²) in [6.45, 7) is 3.42. The average molecular weight is 165 g/mol. The molecule has 2 nitrogen and oxygen atoms in total. The Bertz CT molecular complexity index is 230. The van der Waals surface area contributed by atoms with Gasteiger partial charge in [-0.15, -0.1) is 0 Å². The van der Waals surface area contributed by atoms with E-state index >= 15 is 0 Å². The molecule has 2 heteroatoms. The smallest absolute Gasteiger partial charge is 0.120 e. The van der Waals surface area contributed by atoms with E-state index in [0.717, 1.165) is 18.2 Å². The molecule has 1 aromatic rings. The maximum Gasteiger partial charge on any atom is 0.120 e. The van der Waals surface area contributed by atoms with Crippen LogP contribution in [0.2, 0.25) is 0 Å². The van der Waals surface area contributed by atoms with Gasteiger partial charge >= 0.3 is 0 Å². The van der Waals surface area contributed by atoms with E-state index in [-0.39, 0.29) is 0 Å². The van der Waals surface area contributed by atoms with E-state index in [9.17, 15) is 0 Å². The van der Waals surface area contributed by atoms with E-state index in [4.69, 9.17) is 4.42 Å². The molecule has 0 bridgehead atoms. The van der Waals surface area contributed by atoms with Gasteiger partial charge in [0.15, 0.2) is 0 Å². The second-order valence-corrected chi connectivity index (χ2v) is 3.65. The van der Waals surface area contributed by atoms with Crippen LogP contribution in [0.3, 0.4) is 0 Å². The summed E-state index contributed by atoms with van der Waals surface area (Å²) < 4.78 is 5.36. The zero-order valence-corrected chi connectivity index (χ0v) is 7.42. The van der Waals surface area contributed by atoms with Gasteiger partial charge in [0.1, 0.15) is 5.76 Å². The molecule has 1 aromatic heterocycles. The molecule has 0 unspecified atom stereocenters. The predicted octanol–water partition coefficient (Wildman–Crippen LogP) is 2.34. The first kappa shape index (κ1) is 7.87. The molecule has 0 radical (unpaired) electrons. The third-order valence-corrected chi connectivity index (χ3v) is 2.55. The number of rotatable bonds is 1. The van der Waals surface area contributed by atoms with Gasteiger partial charge in [0.05, 0.1) is 12.3 Å². The van der Waals surface area contributed by atoms with E-state index < -0.39 is 0 Å². The summed E-state index contributed by atoms with van der Waals surface area (Å²) in [5.41, 5.74) is 0. The van der Waals surface area contributed by atoms with Gasteiger partial charge in [-0.1, -0.05) is 6.92 Å². The first-order chi connectivity index (χ1) is 5.86. The molecule has 0 saturated carbocycles. The molecule has 1 aliphatic rings. The van der Waals surface area contributed by atoms with Gasteiger partial charge in [-0.2, -0.15) is 0 Å². The van der Waals surface area contributed by atoms with E-state index in [1.807, 2.05) is 6.07 Å². The van der Waals surface area contributed by atoms with Crippen molar-refractivity contribution in [2.24, 2.45) is 5.92 Å². The zero-order chi connectivity index (χ0) is 8.39. The van der Waals surface area contributed by atoms with E-state index in [2.05, 4.69) is 18.3 Å². The third kappa shape index (κ3) is 1.53. The van der Waals surface area contributed by atoms with Gasteiger partial charge in [-0.3, -0.25) is 0 Å². The van der Waals surface area contributed by atoms with Crippen LogP contribution >= 0.6 is 0 Å². The first-order valence-electron chi connectivity index (χ1n) is 4.63. The van der Waals surface area contributed by atoms with Crippen LogP contribution in [0.4, 0.5) is 0 Å². The van der Waals surface area contributed by atoms with Gasteiger partial charge in [0.25, 0.3) is 0 Å². The Morgan fingerprint density at radius 3 is 3.17 bits per heavy atom. The molecule has 66 valence electrons. The minimum atomic E-state index is 0.448.